The molecule has 1 saturated heterocycles. The zero-order valence-electron chi connectivity index (χ0n) is 14.3. The average Bonchev–Trinajstić information content (AvgIpc) is 2.60. The van der Waals surface area contributed by atoms with Crippen LogP contribution < -0.4 is 0 Å². The zero-order valence-corrected chi connectivity index (χ0v) is 15.2. The lowest BCUT2D eigenvalue weighted by molar-refractivity contribution is -0.384. The van der Waals surface area contributed by atoms with Gasteiger partial charge in [-0.05, 0) is 37.8 Å². The Morgan fingerprint density at radius 3 is 2.48 bits per heavy atom. The molecular formula is C17H22N2O5S. The smallest absolute Gasteiger partial charge is 0.317 e. The van der Waals surface area contributed by atoms with Crippen molar-refractivity contribution in [2.75, 3.05) is 18.8 Å². The number of hydrogen-bond acceptors (Lipinski definition) is 6. The summed E-state index contributed by atoms with van der Waals surface area (Å²) in [4.78, 5) is 36.8. The first-order valence-corrected chi connectivity index (χ1v) is 9.21. The van der Waals surface area contributed by atoms with Crippen LogP contribution in [0.4, 0.5) is 5.69 Å². The zero-order chi connectivity index (χ0) is 18.4. The number of hydrogen-bond donors (Lipinski definition) is 0. The van der Waals surface area contributed by atoms with Crippen molar-refractivity contribution in [2.45, 2.75) is 37.7 Å². The van der Waals surface area contributed by atoms with Gasteiger partial charge in [-0.15, -0.1) is 11.8 Å². The van der Waals surface area contributed by atoms with Crippen molar-refractivity contribution in [1.82, 2.24) is 4.90 Å². The third-order valence-electron chi connectivity index (χ3n) is 4.16. The number of nitrogens with zero attached hydrogens (tertiary/aromatic N) is 2. The van der Waals surface area contributed by atoms with Crippen LogP contribution in [0.3, 0.4) is 0 Å². The minimum Gasteiger partial charge on any atom is -0.452 e. The lowest BCUT2D eigenvalue weighted by atomic mass is 9.99. The largest absolute Gasteiger partial charge is 0.452 e. The number of thioether (sulfide) groups is 1. The fraction of sp³-hybridized carbons (Fsp3) is 0.529. The van der Waals surface area contributed by atoms with Crippen LogP contribution in [0.15, 0.2) is 29.2 Å². The number of rotatable bonds is 6. The first-order chi connectivity index (χ1) is 11.9. The van der Waals surface area contributed by atoms with Gasteiger partial charge in [-0.1, -0.05) is 6.92 Å². The maximum Gasteiger partial charge on any atom is 0.317 e. The number of nitro groups is 1. The predicted octanol–water partition coefficient (Wildman–Crippen LogP) is 2.88. The van der Waals surface area contributed by atoms with Crippen LogP contribution in [0.25, 0.3) is 0 Å². The molecule has 136 valence electrons. The molecule has 1 aromatic carbocycles. The van der Waals surface area contributed by atoms with Crippen molar-refractivity contribution in [3.05, 3.63) is 34.4 Å². The molecule has 7 nitrogen and oxygen atoms in total. The second-order valence-corrected chi connectivity index (χ2v) is 7.23. The van der Waals surface area contributed by atoms with Gasteiger partial charge in [-0.2, -0.15) is 0 Å². The van der Waals surface area contributed by atoms with Gasteiger partial charge in [0.25, 0.3) is 11.6 Å². The Bertz CT molecular complexity index is 626. The Hall–Kier alpha value is -2.09. The highest BCUT2D eigenvalue weighted by atomic mass is 32.2. The summed E-state index contributed by atoms with van der Waals surface area (Å²) in [5.74, 6) is 0.0436. The Balaban J connectivity index is 1.77. The van der Waals surface area contributed by atoms with Crippen LogP contribution in [0.5, 0.6) is 0 Å². The van der Waals surface area contributed by atoms with Crippen LogP contribution in [0, 0.1) is 16.0 Å². The van der Waals surface area contributed by atoms with E-state index in [0.29, 0.717) is 19.0 Å². The first-order valence-electron chi connectivity index (χ1n) is 8.22. The predicted molar refractivity (Wildman–Crippen MR) is 94.4 cm³/mol. The van der Waals surface area contributed by atoms with Crippen LogP contribution in [0.1, 0.15) is 26.7 Å². The number of ether oxygens (including phenoxy) is 1. The lowest BCUT2D eigenvalue weighted by Crippen LogP contribution is -2.44. The van der Waals surface area contributed by atoms with Gasteiger partial charge in [0.15, 0.2) is 6.10 Å². The molecule has 0 aliphatic carbocycles. The van der Waals surface area contributed by atoms with Crippen LogP contribution in [0.2, 0.25) is 0 Å². The standard InChI is InChI=1S/C17H22N2O5S/c1-12-7-9-18(10-8-12)17(21)13(2)24-16(20)11-25-15-5-3-14(4-6-15)19(22)23/h3-6,12-13H,7-11H2,1-2H3/t13-/m0/s1. The Kier molecular flexibility index (Phi) is 6.81. The number of amides is 1. The monoisotopic (exact) mass is 366 g/mol. The molecular weight excluding hydrogens is 344 g/mol. The van der Waals surface area contributed by atoms with Gasteiger partial charge >= 0.3 is 5.97 Å². The quantitative estimate of drug-likeness (QED) is 0.333. The van der Waals surface area contributed by atoms with Crippen molar-refractivity contribution in [3.8, 4) is 0 Å². The fourth-order valence-corrected chi connectivity index (χ4v) is 3.26. The van der Waals surface area contributed by atoms with Gasteiger partial charge in [0.1, 0.15) is 0 Å². The molecule has 1 aliphatic rings. The lowest BCUT2D eigenvalue weighted by Gasteiger charge is -2.31. The molecule has 1 aliphatic heterocycles. The Morgan fingerprint density at radius 2 is 1.92 bits per heavy atom. The number of benzene rings is 1. The second-order valence-electron chi connectivity index (χ2n) is 6.18. The van der Waals surface area contributed by atoms with Crippen molar-refractivity contribution in [2.24, 2.45) is 5.92 Å². The molecule has 0 unspecified atom stereocenters. The van der Waals surface area contributed by atoms with E-state index < -0.39 is 17.0 Å². The normalized spacial score (nSPS) is 16.3. The maximum atomic E-state index is 12.3. The van der Waals surface area contributed by atoms with Gasteiger partial charge < -0.3 is 9.64 Å². The van der Waals surface area contributed by atoms with Gasteiger partial charge in [0.05, 0.1) is 10.7 Å². The van der Waals surface area contributed by atoms with E-state index in [-0.39, 0.29) is 17.3 Å². The second kappa shape index (κ2) is 8.84. The molecule has 1 amide bonds. The summed E-state index contributed by atoms with van der Waals surface area (Å²) in [6, 6.07) is 5.94. The third kappa shape index (κ3) is 5.74. The van der Waals surface area contributed by atoms with E-state index in [1.165, 1.54) is 23.9 Å². The van der Waals surface area contributed by atoms with Gasteiger partial charge in [0.2, 0.25) is 0 Å². The van der Waals surface area contributed by atoms with Gasteiger partial charge in [0, 0.05) is 30.1 Å². The molecule has 25 heavy (non-hydrogen) atoms. The first kappa shape index (κ1) is 19.2. The number of carbonyl (C=O) groups excluding carboxylic acids is 2. The minimum absolute atomic E-state index is 0.00185. The number of nitro benzene ring substituents is 1. The molecule has 0 aromatic heterocycles. The molecule has 1 fully saturated rings. The summed E-state index contributed by atoms with van der Waals surface area (Å²) in [5, 5.41) is 10.6. The number of likely N-dealkylation sites (tertiary alicyclic amines) is 1. The summed E-state index contributed by atoms with van der Waals surface area (Å²) in [7, 11) is 0. The summed E-state index contributed by atoms with van der Waals surface area (Å²) >= 11 is 1.22. The van der Waals surface area contributed by atoms with E-state index in [1.807, 2.05) is 0 Å². The van der Waals surface area contributed by atoms with Crippen LogP contribution in [-0.4, -0.2) is 46.6 Å². The van der Waals surface area contributed by atoms with E-state index in [4.69, 9.17) is 4.74 Å². The molecule has 0 bridgehead atoms. The number of non-ortho nitro benzene ring substituents is 1. The molecule has 0 spiro atoms. The van der Waals surface area contributed by atoms with Crippen LogP contribution >= 0.6 is 11.8 Å². The average molecular weight is 366 g/mol. The molecule has 1 aromatic rings. The van der Waals surface area contributed by atoms with Crippen molar-refractivity contribution in [1.29, 1.82) is 0 Å². The van der Waals surface area contributed by atoms with Crippen molar-refractivity contribution in [3.63, 3.8) is 0 Å². The Morgan fingerprint density at radius 1 is 1.32 bits per heavy atom. The Labute approximate surface area is 150 Å². The molecule has 2 rings (SSSR count). The molecule has 0 N–H and O–H groups in total. The van der Waals surface area contributed by atoms with E-state index in [2.05, 4.69) is 6.92 Å². The van der Waals surface area contributed by atoms with Crippen molar-refractivity contribution < 1.29 is 19.2 Å². The van der Waals surface area contributed by atoms with E-state index in [9.17, 15) is 19.7 Å². The summed E-state index contributed by atoms with van der Waals surface area (Å²) < 4.78 is 5.22. The highest BCUT2D eigenvalue weighted by Crippen LogP contribution is 2.22. The molecule has 8 heteroatoms. The number of carbonyl (C=O) groups is 2. The topological polar surface area (TPSA) is 89.8 Å². The van der Waals surface area contributed by atoms with Gasteiger partial charge in [-0.3, -0.25) is 19.7 Å². The SMILES string of the molecule is CC1CCN(C(=O)[C@H](C)OC(=O)CSc2ccc([N+](=O)[O-])cc2)CC1. The van der Waals surface area contributed by atoms with Gasteiger partial charge in [-0.25, -0.2) is 0 Å². The van der Waals surface area contributed by atoms with Crippen molar-refractivity contribution >= 4 is 29.3 Å². The third-order valence-corrected chi connectivity index (χ3v) is 5.14. The molecule has 1 atom stereocenters. The maximum absolute atomic E-state index is 12.3. The molecule has 0 radical (unpaired) electrons. The molecule has 1 heterocycles. The molecule has 0 saturated carbocycles. The summed E-state index contributed by atoms with van der Waals surface area (Å²) in [6.07, 6.45) is 1.16. The highest BCUT2D eigenvalue weighted by molar-refractivity contribution is 8.00. The minimum atomic E-state index is -0.793. The van der Waals surface area contributed by atoms with Crippen LogP contribution in [-0.2, 0) is 14.3 Å². The van der Waals surface area contributed by atoms with E-state index in [1.54, 1.807) is 24.0 Å². The number of piperidine rings is 1. The number of esters is 1. The van der Waals surface area contributed by atoms with E-state index in [0.717, 1.165) is 17.7 Å². The fourth-order valence-electron chi connectivity index (χ4n) is 2.57. The van der Waals surface area contributed by atoms with E-state index >= 15 is 0 Å². The summed E-state index contributed by atoms with van der Waals surface area (Å²) in [6.45, 7) is 5.17. The summed E-state index contributed by atoms with van der Waals surface area (Å²) in [5.41, 5.74) is 0.00185. The highest BCUT2D eigenvalue weighted by Gasteiger charge is 2.26.